The number of methoxy groups -OCH3 is 2. The Balaban J connectivity index is 2.01. The highest BCUT2D eigenvalue weighted by Gasteiger charge is 2.33. The van der Waals surface area contributed by atoms with E-state index >= 15 is 0 Å². The fourth-order valence-electron chi connectivity index (χ4n) is 3.74. The largest absolute Gasteiger partial charge is 0.496 e. The number of allylic oxidation sites excluding steroid dienone is 1. The maximum Gasteiger partial charge on any atom is 0.338 e. The average molecular weight is 435 g/mol. The van der Waals surface area contributed by atoms with Crippen molar-refractivity contribution in [3.8, 4) is 5.75 Å². The van der Waals surface area contributed by atoms with Gasteiger partial charge >= 0.3 is 5.97 Å². The van der Waals surface area contributed by atoms with Gasteiger partial charge in [-0.3, -0.25) is 9.36 Å². The van der Waals surface area contributed by atoms with Crippen LogP contribution in [-0.4, -0.2) is 24.8 Å². The van der Waals surface area contributed by atoms with E-state index in [2.05, 4.69) is 4.99 Å². The summed E-state index contributed by atoms with van der Waals surface area (Å²) in [5.41, 5.74) is 2.45. The number of rotatable bonds is 5. The van der Waals surface area contributed by atoms with E-state index in [4.69, 9.17) is 9.47 Å². The molecule has 7 heteroatoms. The minimum absolute atomic E-state index is 0.208. The average Bonchev–Trinajstić information content (AvgIpc) is 3.12. The Hall–Kier alpha value is -3.45. The van der Waals surface area contributed by atoms with Gasteiger partial charge in [-0.2, -0.15) is 0 Å². The minimum atomic E-state index is -0.598. The summed E-state index contributed by atoms with van der Waals surface area (Å²) < 4.78 is 12.6. The van der Waals surface area contributed by atoms with E-state index in [9.17, 15) is 9.59 Å². The fraction of sp³-hybridized carbons (Fsp3) is 0.208. The second-order valence-corrected chi connectivity index (χ2v) is 7.95. The monoisotopic (exact) mass is 434 g/mol. The van der Waals surface area contributed by atoms with Crippen molar-refractivity contribution in [3.63, 3.8) is 0 Å². The molecule has 0 fully saturated rings. The lowest BCUT2D eigenvalue weighted by atomic mass is 9.95. The SMILES string of the molecule is CCC1=C(C(=O)OC)[C@@H](c2ccccc2)n2c(s/c(=C\c3ccccc3OC)c2=O)=N1. The van der Waals surface area contributed by atoms with Crippen LogP contribution in [0.2, 0.25) is 0 Å². The second kappa shape index (κ2) is 8.73. The number of para-hydroxylation sites is 1. The topological polar surface area (TPSA) is 69.9 Å². The molecule has 1 aromatic heterocycles. The van der Waals surface area contributed by atoms with Crippen LogP contribution in [0.5, 0.6) is 5.75 Å². The Labute approximate surface area is 183 Å². The zero-order valence-electron chi connectivity index (χ0n) is 17.5. The lowest BCUT2D eigenvalue weighted by Crippen LogP contribution is -2.40. The highest BCUT2D eigenvalue weighted by molar-refractivity contribution is 7.07. The van der Waals surface area contributed by atoms with Crippen LogP contribution in [0, 0.1) is 0 Å². The van der Waals surface area contributed by atoms with Gasteiger partial charge in [-0.05, 0) is 24.1 Å². The number of carbonyl (C=O) groups is 1. The summed E-state index contributed by atoms with van der Waals surface area (Å²) in [6.07, 6.45) is 2.35. The zero-order chi connectivity index (χ0) is 22.0. The number of hydrogen-bond donors (Lipinski definition) is 0. The Bertz CT molecular complexity index is 1340. The van der Waals surface area contributed by atoms with Gasteiger partial charge in [-0.15, -0.1) is 0 Å². The van der Waals surface area contributed by atoms with Crippen molar-refractivity contribution in [2.45, 2.75) is 19.4 Å². The molecule has 0 aliphatic carbocycles. The molecule has 0 spiro atoms. The standard InChI is InChI=1S/C24H22N2O4S/c1-4-17-20(23(28)30-3)21(15-10-6-5-7-11-15)26-22(27)19(31-24(26)25-17)14-16-12-8-9-13-18(16)29-2/h5-14,21H,4H2,1-3H3/b19-14-/t21-/m1/s1. The highest BCUT2D eigenvalue weighted by atomic mass is 32.1. The van der Waals surface area contributed by atoms with Crippen LogP contribution in [0.1, 0.15) is 30.5 Å². The van der Waals surface area contributed by atoms with E-state index in [-0.39, 0.29) is 5.56 Å². The van der Waals surface area contributed by atoms with Crippen molar-refractivity contribution in [1.29, 1.82) is 0 Å². The summed E-state index contributed by atoms with van der Waals surface area (Å²) in [4.78, 5) is 31.5. The Morgan fingerprint density at radius 3 is 2.52 bits per heavy atom. The molecule has 1 aliphatic heterocycles. The van der Waals surface area contributed by atoms with Gasteiger partial charge in [0.25, 0.3) is 5.56 Å². The van der Waals surface area contributed by atoms with Gasteiger partial charge in [0.2, 0.25) is 0 Å². The Morgan fingerprint density at radius 2 is 1.84 bits per heavy atom. The number of hydrogen-bond acceptors (Lipinski definition) is 6. The second-order valence-electron chi connectivity index (χ2n) is 6.94. The predicted molar refractivity (Wildman–Crippen MR) is 120 cm³/mol. The lowest BCUT2D eigenvalue weighted by molar-refractivity contribution is -0.136. The smallest absolute Gasteiger partial charge is 0.338 e. The number of fused-ring (bicyclic) bond motifs is 1. The summed E-state index contributed by atoms with van der Waals surface area (Å²) in [5, 5.41) is 0. The third-order valence-electron chi connectivity index (χ3n) is 5.19. The summed E-state index contributed by atoms with van der Waals surface area (Å²) >= 11 is 1.30. The summed E-state index contributed by atoms with van der Waals surface area (Å²) in [5.74, 6) is 0.200. The van der Waals surface area contributed by atoms with Crippen LogP contribution in [0.4, 0.5) is 0 Å². The number of thiazole rings is 1. The first-order valence-corrected chi connectivity index (χ1v) is 10.7. The quantitative estimate of drug-likeness (QED) is 0.579. The Kier molecular flexibility index (Phi) is 5.86. The van der Waals surface area contributed by atoms with E-state index in [0.29, 0.717) is 32.8 Å². The fourth-order valence-corrected chi connectivity index (χ4v) is 4.75. The van der Waals surface area contributed by atoms with Gasteiger partial charge in [0.1, 0.15) is 5.75 Å². The van der Waals surface area contributed by atoms with E-state index < -0.39 is 12.0 Å². The molecular formula is C24H22N2O4S. The molecule has 3 aromatic rings. The number of ether oxygens (including phenoxy) is 2. The van der Waals surface area contributed by atoms with Crippen molar-refractivity contribution >= 4 is 23.4 Å². The first-order chi connectivity index (χ1) is 15.1. The number of carbonyl (C=O) groups excluding carboxylic acids is 1. The third-order valence-corrected chi connectivity index (χ3v) is 6.17. The van der Waals surface area contributed by atoms with E-state index in [0.717, 1.165) is 11.1 Å². The molecule has 2 heterocycles. The molecule has 0 saturated heterocycles. The van der Waals surface area contributed by atoms with Gasteiger partial charge in [-0.1, -0.05) is 66.8 Å². The normalized spacial score (nSPS) is 16.0. The van der Waals surface area contributed by atoms with Crippen molar-refractivity contribution in [3.05, 3.63) is 96.7 Å². The van der Waals surface area contributed by atoms with E-state index in [1.165, 1.54) is 18.4 Å². The van der Waals surface area contributed by atoms with Gasteiger partial charge in [0.05, 0.1) is 36.1 Å². The van der Waals surface area contributed by atoms with Crippen LogP contribution in [0.3, 0.4) is 0 Å². The number of benzene rings is 2. The summed E-state index contributed by atoms with van der Waals surface area (Å²) in [6, 6.07) is 16.4. The Morgan fingerprint density at radius 1 is 1.13 bits per heavy atom. The molecule has 31 heavy (non-hydrogen) atoms. The van der Waals surface area contributed by atoms with Crippen molar-refractivity contribution in [2.75, 3.05) is 14.2 Å². The lowest BCUT2D eigenvalue weighted by Gasteiger charge is -2.25. The maximum absolute atomic E-state index is 13.5. The van der Waals surface area contributed by atoms with Crippen LogP contribution in [0.15, 0.2) is 75.7 Å². The van der Waals surface area contributed by atoms with Gasteiger partial charge in [-0.25, -0.2) is 9.79 Å². The molecule has 1 atom stereocenters. The molecule has 0 unspecified atom stereocenters. The van der Waals surface area contributed by atoms with Crippen LogP contribution < -0.4 is 19.6 Å². The maximum atomic E-state index is 13.5. The number of esters is 1. The molecule has 4 rings (SSSR count). The molecule has 2 aromatic carbocycles. The first kappa shape index (κ1) is 20.8. The van der Waals surface area contributed by atoms with Gasteiger partial charge in [0.15, 0.2) is 4.80 Å². The van der Waals surface area contributed by atoms with E-state index in [1.54, 1.807) is 17.8 Å². The van der Waals surface area contributed by atoms with Crippen LogP contribution in [-0.2, 0) is 9.53 Å². The van der Waals surface area contributed by atoms with Gasteiger partial charge < -0.3 is 9.47 Å². The molecule has 0 amide bonds. The molecule has 158 valence electrons. The molecular weight excluding hydrogens is 412 g/mol. The molecule has 0 saturated carbocycles. The van der Waals surface area contributed by atoms with Crippen LogP contribution in [0.25, 0.3) is 6.08 Å². The molecule has 1 aliphatic rings. The van der Waals surface area contributed by atoms with Gasteiger partial charge in [0, 0.05) is 5.56 Å². The van der Waals surface area contributed by atoms with E-state index in [1.807, 2.05) is 61.5 Å². The summed E-state index contributed by atoms with van der Waals surface area (Å²) in [6.45, 7) is 1.94. The van der Waals surface area contributed by atoms with Crippen molar-refractivity contribution < 1.29 is 14.3 Å². The van der Waals surface area contributed by atoms with Crippen molar-refractivity contribution in [2.24, 2.45) is 4.99 Å². The summed E-state index contributed by atoms with van der Waals surface area (Å²) in [7, 11) is 2.94. The predicted octanol–water partition coefficient (Wildman–Crippen LogP) is 2.81. The third kappa shape index (κ3) is 3.72. The first-order valence-electron chi connectivity index (χ1n) is 9.90. The molecule has 0 bridgehead atoms. The minimum Gasteiger partial charge on any atom is -0.496 e. The number of nitrogens with zero attached hydrogens (tertiary/aromatic N) is 2. The molecule has 0 radical (unpaired) electrons. The molecule has 6 nitrogen and oxygen atoms in total. The van der Waals surface area contributed by atoms with Crippen molar-refractivity contribution in [1.82, 2.24) is 4.57 Å². The highest BCUT2D eigenvalue weighted by Crippen LogP contribution is 2.31. The molecule has 0 N–H and O–H groups in total. The zero-order valence-corrected chi connectivity index (χ0v) is 18.3. The number of aromatic nitrogens is 1. The van der Waals surface area contributed by atoms with Crippen LogP contribution >= 0.6 is 11.3 Å².